The second-order valence-corrected chi connectivity index (χ2v) is 5.84. The second-order valence-electron chi connectivity index (χ2n) is 5.84. The molecule has 1 aliphatic heterocycles. The van der Waals surface area contributed by atoms with E-state index in [2.05, 4.69) is 10.4 Å². The van der Waals surface area contributed by atoms with E-state index in [1.165, 1.54) is 0 Å². The number of carbonyl (C=O) groups excluding carboxylic acids is 1. The summed E-state index contributed by atoms with van der Waals surface area (Å²) in [5.74, 6) is 0.679. The third-order valence-electron chi connectivity index (χ3n) is 4.06. The minimum atomic E-state index is 0.0509. The van der Waals surface area contributed by atoms with Crippen molar-refractivity contribution in [2.75, 3.05) is 19.8 Å². The summed E-state index contributed by atoms with van der Waals surface area (Å²) in [5, 5.41) is 8.29. The van der Waals surface area contributed by atoms with Gasteiger partial charge in [-0.1, -0.05) is 12.1 Å². The number of hydrogen-bond donors (Lipinski definition) is 1. The number of amides is 1. The third-order valence-corrected chi connectivity index (χ3v) is 4.06. The summed E-state index contributed by atoms with van der Waals surface area (Å²) in [6, 6.07) is 7.95. The summed E-state index contributed by atoms with van der Waals surface area (Å²) < 4.78 is 13.0. The van der Waals surface area contributed by atoms with Crippen molar-refractivity contribution in [3.63, 3.8) is 0 Å². The number of aromatic nitrogens is 2. The molecule has 1 aromatic carbocycles. The molecule has 0 radical (unpaired) electrons. The van der Waals surface area contributed by atoms with Crippen LogP contribution >= 0.6 is 0 Å². The molecule has 1 aromatic heterocycles. The van der Waals surface area contributed by atoms with Gasteiger partial charge in [0.05, 0.1) is 23.6 Å². The van der Waals surface area contributed by atoms with Gasteiger partial charge in [0, 0.05) is 26.6 Å². The van der Waals surface area contributed by atoms with Crippen LogP contribution in [0.3, 0.4) is 0 Å². The van der Waals surface area contributed by atoms with Gasteiger partial charge in [0.25, 0.3) is 0 Å². The van der Waals surface area contributed by atoms with E-state index in [1.807, 2.05) is 31.3 Å². The molecule has 1 atom stereocenters. The third kappa shape index (κ3) is 4.01. The van der Waals surface area contributed by atoms with Crippen LogP contribution in [-0.2, 0) is 16.6 Å². The Kier molecular flexibility index (Phi) is 5.12. The van der Waals surface area contributed by atoms with Crippen LogP contribution in [0.5, 0.6) is 5.88 Å². The number of nitrogens with zero attached hydrogens (tertiary/aromatic N) is 2. The van der Waals surface area contributed by atoms with E-state index >= 15 is 0 Å². The van der Waals surface area contributed by atoms with E-state index in [0.717, 1.165) is 30.4 Å². The van der Waals surface area contributed by atoms with Crippen LogP contribution in [0, 0.1) is 0 Å². The van der Waals surface area contributed by atoms with Gasteiger partial charge in [-0.3, -0.25) is 9.48 Å². The minimum absolute atomic E-state index is 0.0509. The number of rotatable bonds is 7. The van der Waals surface area contributed by atoms with Crippen molar-refractivity contribution in [2.45, 2.75) is 31.8 Å². The second kappa shape index (κ2) is 7.46. The Bertz CT molecular complexity index is 662. The fraction of sp³-hybridized carbons (Fsp3) is 0.529. The van der Waals surface area contributed by atoms with Gasteiger partial charge in [0.1, 0.15) is 0 Å². The molecule has 0 unspecified atom stereocenters. The van der Waals surface area contributed by atoms with Gasteiger partial charge in [-0.25, -0.2) is 0 Å². The van der Waals surface area contributed by atoms with Gasteiger partial charge in [0.2, 0.25) is 11.8 Å². The van der Waals surface area contributed by atoms with Crippen molar-refractivity contribution in [3.8, 4) is 5.88 Å². The molecule has 0 bridgehead atoms. The number of nitrogens with one attached hydrogen (secondary N) is 1. The topological polar surface area (TPSA) is 65.4 Å². The van der Waals surface area contributed by atoms with E-state index in [9.17, 15) is 4.79 Å². The molecule has 1 aliphatic rings. The summed E-state index contributed by atoms with van der Waals surface area (Å²) in [5.41, 5.74) is 1.04. The molecule has 1 fully saturated rings. The van der Waals surface area contributed by atoms with Crippen LogP contribution in [0.2, 0.25) is 0 Å². The van der Waals surface area contributed by atoms with Gasteiger partial charge in [-0.05, 0) is 31.4 Å². The van der Waals surface area contributed by atoms with Crippen molar-refractivity contribution in [1.82, 2.24) is 15.1 Å². The molecular formula is C17H23N3O3. The minimum Gasteiger partial charge on any atom is -0.476 e. The average Bonchev–Trinajstić information content (AvgIpc) is 3.19. The van der Waals surface area contributed by atoms with Crippen molar-refractivity contribution in [3.05, 3.63) is 24.3 Å². The van der Waals surface area contributed by atoms with Gasteiger partial charge >= 0.3 is 0 Å². The Labute approximate surface area is 135 Å². The first-order chi connectivity index (χ1) is 11.2. The molecule has 6 nitrogen and oxygen atoms in total. The number of para-hydroxylation sites is 1. The lowest BCUT2D eigenvalue weighted by Crippen LogP contribution is -2.31. The molecule has 0 aliphatic carbocycles. The molecular weight excluding hydrogens is 294 g/mol. The molecule has 2 heterocycles. The van der Waals surface area contributed by atoms with Crippen LogP contribution in [0.15, 0.2) is 24.3 Å². The largest absolute Gasteiger partial charge is 0.476 e. The maximum atomic E-state index is 11.8. The lowest BCUT2D eigenvalue weighted by Gasteiger charge is -2.10. The van der Waals surface area contributed by atoms with Crippen LogP contribution < -0.4 is 10.1 Å². The molecule has 6 heteroatoms. The summed E-state index contributed by atoms with van der Waals surface area (Å²) >= 11 is 0. The molecule has 1 amide bonds. The highest BCUT2D eigenvalue weighted by atomic mass is 16.5. The number of hydrogen-bond acceptors (Lipinski definition) is 4. The smallest absolute Gasteiger partial charge is 0.240 e. The summed E-state index contributed by atoms with van der Waals surface area (Å²) in [6.45, 7) is 1.91. The first-order valence-electron chi connectivity index (χ1n) is 8.17. The van der Waals surface area contributed by atoms with Crippen LogP contribution in [-0.4, -0.2) is 41.6 Å². The standard InChI is InChI=1S/C17H23N3O3/c1-20-15-8-3-2-7-14(15)17(19-20)23-11-5-9-16(21)18-12-13-6-4-10-22-13/h2-3,7-8,13H,4-6,9-12H2,1H3,(H,18,21)/t13-/m1/s1. The SMILES string of the molecule is Cn1nc(OCCCC(=O)NC[C@H]2CCCO2)c2ccccc21. The Morgan fingerprint density at radius 3 is 3.17 bits per heavy atom. The number of carbonyl (C=O) groups is 1. The van der Waals surface area contributed by atoms with Crippen molar-refractivity contribution in [2.24, 2.45) is 7.05 Å². The van der Waals surface area contributed by atoms with Gasteiger partial charge in [-0.2, -0.15) is 0 Å². The number of fused-ring (bicyclic) bond motifs is 1. The van der Waals surface area contributed by atoms with Crippen LogP contribution in [0.1, 0.15) is 25.7 Å². The zero-order valence-electron chi connectivity index (χ0n) is 13.5. The Hall–Kier alpha value is -2.08. The zero-order valence-corrected chi connectivity index (χ0v) is 13.5. The van der Waals surface area contributed by atoms with Crippen molar-refractivity contribution < 1.29 is 14.3 Å². The van der Waals surface area contributed by atoms with E-state index < -0.39 is 0 Å². The first-order valence-corrected chi connectivity index (χ1v) is 8.17. The molecule has 1 N–H and O–H groups in total. The molecule has 3 rings (SSSR count). The molecule has 1 saturated heterocycles. The summed E-state index contributed by atoms with van der Waals surface area (Å²) in [7, 11) is 1.90. The Balaban J connectivity index is 1.39. The number of aryl methyl sites for hydroxylation is 1. The molecule has 0 saturated carbocycles. The highest BCUT2D eigenvalue weighted by Gasteiger charge is 2.16. The molecule has 2 aromatic rings. The summed E-state index contributed by atoms with van der Waals surface area (Å²) in [4.78, 5) is 11.8. The van der Waals surface area contributed by atoms with E-state index in [1.54, 1.807) is 4.68 Å². The zero-order chi connectivity index (χ0) is 16.1. The number of ether oxygens (including phenoxy) is 2. The Morgan fingerprint density at radius 1 is 1.48 bits per heavy atom. The average molecular weight is 317 g/mol. The highest BCUT2D eigenvalue weighted by molar-refractivity contribution is 5.84. The lowest BCUT2D eigenvalue weighted by atomic mass is 10.2. The highest BCUT2D eigenvalue weighted by Crippen LogP contribution is 2.23. The first kappa shape index (κ1) is 15.8. The fourth-order valence-corrected chi connectivity index (χ4v) is 2.81. The normalized spacial score (nSPS) is 17.5. The quantitative estimate of drug-likeness (QED) is 0.794. The predicted octanol–water partition coefficient (Wildman–Crippen LogP) is 2.03. The molecule has 23 heavy (non-hydrogen) atoms. The van der Waals surface area contributed by atoms with Crippen LogP contribution in [0.25, 0.3) is 10.9 Å². The number of benzene rings is 1. The van der Waals surface area contributed by atoms with Crippen LogP contribution in [0.4, 0.5) is 0 Å². The van der Waals surface area contributed by atoms with Crippen molar-refractivity contribution in [1.29, 1.82) is 0 Å². The van der Waals surface area contributed by atoms with Crippen molar-refractivity contribution >= 4 is 16.8 Å². The van der Waals surface area contributed by atoms with Gasteiger partial charge < -0.3 is 14.8 Å². The lowest BCUT2D eigenvalue weighted by molar-refractivity contribution is -0.121. The molecule has 124 valence electrons. The molecule has 0 spiro atoms. The van der Waals surface area contributed by atoms with Gasteiger partial charge in [-0.15, -0.1) is 5.10 Å². The monoisotopic (exact) mass is 317 g/mol. The fourth-order valence-electron chi connectivity index (χ4n) is 2.81. The summed E-state index contributed by atoms with van der Waals surface area (Å²) in [6.07, 6.45) is 3.44. The van der Waals surface area contributed by atoms with E-state index in [-0.39, 0.29) is 12.0 Å². The van der Waals surface area contributed by atoms with E-state index in [0.29, 0.717) is 31.9 Å². The van der Waals surface area contributed by atoms with Gasteiger partial charge in [0.15, 0.2) is 0 Å². The van der Waals surface area contributed by atoms with E-state index in [4.69, 9.17) is 9.47 Å². The predicted molar refractivity (Wildman–Crippen MR) is 87.4 cm³/mol. The maximum absolute atomic E-state index is 11.8. The maximum Gasteiger partial charge on any atom is 0.240 e. The Morgan fingerprint density at radius 2 is 2.35 bits per heavy atom.